The quantitative estimate of drug-likeness (QED) is 0.690. The summed E-state index contributed by atoms with van der Waals surface area (Å²) in [6.45, 7) is 4.39. The smallest absolute Gasteiger partial charge is 0.303 e. The van der Waals surface area contributed by atoms with Crippen LogP contribution in [0.1, 0.15) is 19.4 Å². The number of halogens is 1. The summed E-state index contributed by atoms with van der Waals surface area (Å²) < 4.78 is 19.3. The molecule has 3 rings (SSSR count). The first-order valence-electron chi connectivity index (χ1n) is 8.13. The molecule has 0 bridgehead atoms. The second kappa shape index (κ2) is 8.11. The highest BCUT2D eigenvalue weighted by atomic mass is 79.9. The predicted molar refractivity (Wildman–Crippen MR) is 98.8 cm³/mol. The number of esters is 1. The van der Waals surface area contributed by atoms with E-state index >= 15 is 0 Å². The van der Waals surface area contributed by atoms with Crippen LogP contribution in [0.4, 0.5) is 0 Å². The fourth-order valence-corrected chi connectivity index (χ4v) is 3.12. The Balaban J connectivity index is 2.06. The number of hydrogen-bond acceptors (Lipinski definition) is 6. The zero-order chi connectivity index (χ0) is 18.6. The molecule has 0 N–H and O–H groups in total. The molecule has 1 aliphatic heterocycles. The Kier molecular flexibility index (Phi) is 5.85. The van der Waals surface area contributed by atoms with Crippen molar-refractivity contribution in [1.82, 2.24) is 14.8 Å². The highest BCUT2D eigenvalue weighted by Crippen LogP contribution is 2.35. The number of aromatic nitrogens is 3. The van der Waals surface area contributed by atoms with Crippen LogP contribution in [0.15, 0.2) is 41.4 Å². The fourth-order valence-electron chi connectivity index (χ4n) is 2.86. The SMILES string of the molecule is CC(=O)OC(/C(=C/c1ccc(Br)cc1)n1cncn1)C1(C)COCOC1. The van der Waals surface area contributed by atoms with Gasteiger partial charge in [-0.05, 0) is 23.8 Å². The van der Waals surface area contributed by atoms with E-state index in [1.807, 2.05) is 37.3 Å². The van der Waals surface area contributed by atoms with Gasteiger partial charge in [-0.3, -0.25) is 4.79 Å². The molecular weight excluding hydrogens is 402 g/mol. The summed E-state index contributed by atoms with van der Waals surface area (Å²) >= 11 is 3.43. The molecule has 1 saturated heterocycles. The molecule has 0 amide bonds. The molecule has 138 valence electrons. The topological polar surface area (TPSA) is 75.5 Å². The first-order valence-corrected chi connectivity index (χ1v) is 8.92. The number of hydrogen-bond donors (Lipinski definition) is 0. The summed E-state index contributed by atoms with van der Waals surface area (Å²) in [5.74, 6) is -0.386. The summed E-state index contributed by atoms with van der Waals surface area (Å²) in [6, 6.07) is 7.81. The number of ether oxygens (including phenoxy) is 3. The van der Waals surface area contributed by atoms with Crippen molar-refractivity contribution in [2.24, 2.45) is 5.41 Å². The Bertz CT molecular complexity index is 768. The van der Waals surface area contributed by atoms with E-state index in [2.05, 4.69) is 26.0 Å². The van der Waals surface area contributed by atoms with Crippen molar-refractivity contribution in [2.75, 3.05) is 20.0 Å². The summed E-state index contributed by atoms with van der Waals surface area (Å²) in [7, 11) is 0. The fraction of sp³-hybridized carbons (Fsp3) is 0.389. The van der Waals surface area contributed by atoms with Crippen molar-refractivity contribution >= 4 is 33.7 Å². The lowest BCUT2D eigenvalue weighted by atomic mass is 9.83. The number of rotatable bonds is 5. The summed E-state index contributed by atoms with van der Waals surface area (Å²) in [5.41, 5.74) is 1.06. The van der Waals surface area contributed by atoms with Gasteiger partial charge < -0.3 is 14.2 Å². The van der Waals surface area contributed by atoms with E-state index in [9.17, 15) is 4.79 Å². The molecule has 7 nitrogen and oxygen atoms in total. The van der Waals surface area contributed by atoms with Gasteiger partial charge in [0.15, 0.2) is 6.10 Å². The first kappa shape index (κ1) is 18.8. The van der Waals surface area contributed by atoms with Gasteiger partial charge in [0.1, 0.15) is 19.4 Å². The van der Waals surface area contributed by atoms with Gasteiger partial charge >= 0.3 is 5.97 Å². The molecule has 2 heterocycles. The zero-order valence-corrected chi connectivity index (χ0v) is 16.2. The van der Waals surface area contributed by atoms with Gasteiger partial charge in [-0.2, -0.15) is 5.10 Å². The van der Waals surface area contributed by atoms with Crippen LogP contribution < -0.4 is 0 Å². The minimum absolute atomic E-state index is 0.234. The van der Waals surface area contributed by atoms with Crippen molar-refractivity contribution < 1.29 is 19.0 Å². The van der Waals surface area contributed by atoms with E-state index in [-0.39, 0.29) is 12.8 Å². The van der Waals surface area contributed by atoms with E-state index in [1.165, 1.54) is 13.3 Å². The Labute approximate surface area is 160 Å². The third kappa shape index (κ3) is 4.38. The van der Waals surface area contributed by atoms with Crippen molar-refractivity contribution in [2.45, 2.75) is 20.0 Å². The third-order valence-electron chi connectivity index (χ3n) is 4.08. The Morgan fingerprint density at radius 1 is 1.35 bits per heavy atom. The lowest BCUT2D eigenvalue weighted by Gasteiger charge is -2.39. The number of carbonyl (C=O) groups excluding carboxylic acids is 1. The molecule has 1 atom stereocenters. The molecule has 0 aliphatic carbocycles. The van der Waals surface area contributed by atoms with Gasteiger partial charge in [-0.25, -0.2) is 9.67 Å². The highest BCUT2D eigenvalue weighted by Gasteiger charge is 2.43. The molecule has 1 fully saturated rings. The molecule has 1 aromatic carbocycles. The molecule has 0 spiro atoms. The first-order chi connectivity index (χ1) is 12.5. The molecule has 0 radical (unpaired) electrons. The Hall–Kier alpha value is -2.03. The summed E-state index contributed by atoms with van der Waals surface area (Å²) in [6.07, 6.45) is 4.32. The van der Waals surface area contributed by atoms with Crippen LogP contribution in [0, 0.1) is 5.41 Å². The lowest BCUT2D eigenvalue weighted by Crippen LogP contribution is -2.47. The lowest BCUT2D eigenvalue weighted by molar-refractivity contribution is -0.191. The van der Waals surface area contributed by atoms with Crippen LogP contribution in [0.5, 0.6) is 0 Å². The molecule has 1 unspecified atom stereocenters. The van der Waals surface area contributed by atoms with Gasteiger partial charge in [0, 0.05) is 11.4 Å². The molecule has 2 aromatic rings. The van der Waals surface area contributed by atoms with Crippen molar-refractivity contribution in [3.63, 3.8) is 0 Å². The van der Waals surface area contributed by atoms with Crippen molar-refractivity contribution in [3.8, 4) is 0 Å². The van der Waals surface area contributed by atoms with Crippen LogP contribution in [-0.2, 0) is 19.0 Å². The normalized spacial score (nSPS) is 18.3. The van der Waals surface area contributed by atoms with E-state index in [0.29, 0.717) is 18.9 Å². The van der Waals surface area contributed by atoms with Crippen LogP contribution in [-0.4, -0.2) is 46.8 Å². The third-order valence-corrected chi connectivity index (χ3v) is 4.61. The van der Waals surface area contributed by atoms with Gasteiger partial charge in [-0.1, -0.05) is 35.0 Å². The average molecular weight is 422 g/mol. The predicted octanol–water partition coefficient (Wildman–Crippen LogP) is 2.98. The zero-order valence-electron chi connectivity index (χ0n) is 14.6. The van der Waals surface area contributed by atoms with Crippen molar-refractivity contribution in [3.05, 3.63) is 47.0 Å². The monoisotopic (exact) mass is 421 g/mol. The maximum atomic E-state index is 11.8. The van der Waals surface area contributed by atoms with E-state index in [1.54, 1.807) is 11.0 Å². The summed E-state index contributed by atoms with van der Waals surface area (Å²) in [4.78, 5) is 15.9. The molecule has 0 saturated carbocycles. The summed E-state index contributed by atoms with van der Waals surface area (Å²) in [5, 5.41) is 4.24. The van der Waals surface area contributed by atoms with Gasteiger partial charge in [0.2, 0.25) is 0 Å². The van der Waals surface area contributed by atoms with E-state index < -0.39 is 11.5 Å². The van der Waals surface area contributed by atoms with Crippen LogP contribution >= 0.6 is 15.9 Å². The van der Waals surface area contributed by atoms with Gasteiger partial charge in [0.05, 0.1) is 24.3 Å². The molecule has 8 heteroatoms. The largest absolute Gasteiger partial charge is 0.455 e. The number of carbonyl (C=O) groups is 1. The van der Waals surface area contributed by atoms with Crippen molar-refractivity contribution in [1.29, 1.82) is 0 Å². The maximum Gasteiger partial charge on any atom is 0.303 e. The van der Waals surface area contributed by atoms with Crippen LogP contribution in [0.25, 0.3) is 11.8 Å². The number of benzene rings is 1. The van der Waals surface area contributed by atoms with E-state index in [0.717, 1.165) is 10.0 Å². The molecule has 26 heavy (non-hydrogen) atoms. The second-order valence-corrected chi connectivity index (χ2v) is 7.33. The standard InChI is InChI=1S/C18H20BrN3O4/c1-13(23)26-17(18(2)8-24-12-25-9-18)16(22-11-20-10-21-22)7-14-3-5-15(19)6-4-14/h3-7,10-11,17H,8-9,12H2,1-2H3/b16-7-. The Morgan fingerprint density at radius 3 is 2.62 bits per heavy atom. The minimum Gasteiger partial charge on any atom is -0.455 e. The van der Waals surface area contributed by atoms with Crippen LogP contribution in [0.2, 0.25) is 0 Å². The highest BCUT2D eigenvalue weighted by molar-refractivity contribution is 9.10. The Morgan fingerprint density at radius 2 is 2.04 bits per heavy atom. The molecular formula is C18H20BrN3O4. The minimum atomic E-state index is -0.620. The second-order valence-electron chi connectivity index (χ2n) is 6.42. The average Bonchev–Trinajstić information content (AvgIpc) is 3.14. The number of nitrogens with zero attached hydrogens (tertiary/aromatic N) is 3. The maximum absolute atomic E-state index is 11.8. The molecule has 1 aromatic heterocycles. The molecule has 1 aliphatic rings. The van der Waals surface area contributed by atoms with Gasteiger partial charge in [0.25, 0.3) is 0 Å². The van der Waals surface area contributed by atoms with E-state index in [4.69, 9.17) is 14.2 Å². The van der Waals surface area contributed by atoms with Gasteiger partial charge in [-0.15, -0.1) is 0 Å². The van der Waals surface area contributed by atoms with Crippen LogP contribution in [0.3, 0.4) is 0 Å².